The van der Waals surface area contributed by atoms with Gasteiger partial charge in [0.2, 0.25) is 11.8 Å². The molecule has 0 atom stereocenters. The Bertz CT molecular complexity index is 514. The molecule has 6 heteroatoms. The molecule has 5 nitrogen and oxygen atoms in total. The van der Waals surface area contributed by atoms with Crippen molar-refractivity contribution in [1.82, 2.24) is 14.7 Å². The van der Waals surface area contributed by atoms with Gasteiger partial charge in [-0.2, -0.15) is 0 Å². The van der Waals surface area contributed by atoms with Gasteiger partial charge < -0.3 is 9.80 Å². The van der Waals surface area contributed by atoms with Gasteiger partial charge in [0.05, 0.1) is 6.54 Å². The van der Waals surface area contributed by atoms with Gasteiger partial charge in [-0.25, -0.2) is 0 Å². The van der Waals surface area contributed by atoms with Gasteiger partial charge >= 0.3 is 0 Å². The molecule has 0 aromatic carbocycles. The first-order chi connectivity index (χ1) is 11.6. The molecule has 1 aromatic heterocycles. The molecule has 1 aromatic rings. The number of carbonyl (C=O) groups is 2. The molecule has 0 spiro atoms. The van der Waals surface area contributed by atoms with Crippen LogP contribution in [0.15, 0.2) is 17.5 Å². The van der Waals surface area contributed by atoms with Crippen molar-refractivity contribution in [3.05, 3.63) is 22.4 Å². The van der Waals surface area contributed by atoms with E-state index in [-0.39, 0.29) is 11.8 Å². The maximum absolute atomic E-state index is 12.4. The van der Waals surface area contributed by atoms with Crippen molar-refractivity contribution in [1.29, 1.82) is 0 Å². The molecule has 1 aliphatic rings. The van der Waals surface area contributed by atoms with Gasteiger partial charge in [0, 0.05) is 50.6 Å². The summed E-state index contributed by atoms with van der Waals surface area (Å²) >= 11 is 1.71. The van der Waals surface area contributed by atoms with Crippen LogP contribution in [0, 0.1) is 0 Å². The predicted molar refractivity (Wildman–Crippen MR) is 98.2 cm³/mol. The van der Waals surface area contributed by atoms with E-state index in [2.05, 4.69) is 16.3 Å². The highest BCUT2D eigenvalue weighted by atomic mass is 32.1. The van der Waals surface area contributed by atoms with Gasteiger partial charge in [-0.1, -0.05) is 6.07 Å². The molecule has 2 rings (SSSR count). The molecule has 0 aliphatic carbocycles. The quantitative estimate of drug-likeness (QED) is 0.755. The third-order valence-corrected chi connectivity index (χ3v) is 5.52. The molecule has 2 amide bonds. The molecule has 1 saturated heterocycles. The molecular formula is C18H29N3O2S. The zero-order chi connectivity index (χ0) is 17.4. The number of rotatable bonds is 7. The Morgan fingerprint density at radius 2 is 1.96 bits per heavy atom. The highest BCUT2D eigenvalue weighted by Crippen LogP contribution is 2.13. The second-order valence-corrected chi connectivity index (χ2v) is 7.19. The lowest BCUT2D eigenvalue weighted by molar-refractivity contribution is -0.132. The topological polar surface area (TPSA) is 43.9 Å². The first-order valence-electron chi connectivity index (χ1n) is 8.94. The Morgan fingerprint density at radius 3 is 2.62 bits per heavy atom. The summed E-state index contributed by atoms with van der Waals surface area (Å²) in [5.74, 6) is 0.429. The van der Waals surface area contributed by atoms with Crippen molar-refractivity contribution in [3.63, 3.8) is 0 Å². The number of carbonyl (C=O) groups excluding carboxylic acids is 2. The van der Waals surface area contributed by atoms with Crippen molar-refractivity contribution in [2.45, 2.75) is 33.1 Å². The van der Waals surface area contributed by atoms with E-state index in [4.69, 9.17) is 0 Å². The van der Waals surface area contributed by atoms with Gasteiger partial charge in [-0.15, -0.1) is 11.3 Å². The van der Waals surface area contributed by atoms with Crippen LogP contribution >= 0.6 is 11.3 Å². The number of nitrogens with zero attached hydrogens (tertiary/aromatic N) is 3. The zero-order valence-corrected chi connectivity index (χ0v) is 15.7. The fourth-order valence-electron chi connectivity index (χ4n) is 3.09. The van der Waals surface area contributed by atoms with E-state index in [0.29, 0.717) is 13.0 Å². The number of hydrogen-bond donors (Lipinski definition) is 0. The van der Waals surface area contributed by atoms with Crippen LogP contribution in [-0.2, 0) is 16.0 Å². The fraction of sp³-hybridized carbons (Fsp3) is 0.667. The third kappa shape index (κ3) is 5.60. The molecule has 0 N–H and O–H groups in total. The Labute approximate surface area is 149 Å². The van der Waals surface area contributed by atoms with E-state index in [0.717, 1.165) is 52.1 Å². The molecule has 0 bridgehead atoms. The molecule has 1 fully saturated rings. The fourth-order valence-corrected chi connectivity index (χ4v) is 3.80. The van der Waals surface area contributed by atoms with Crippen LogP contribution in [0.4, 0.5) is 0 Å². The van der Waals surface area contributed by atoms with Gasteiger partial charge in [0.1, 0.15) is 0 Å². The van der Waals surface area contributed by atoms with Crippen molar-refractivity contribution >= 4 is 23.2 Å². The largest absolute Gasteiger partial charge is 0.342 e. The van der Waals surface area contributed by atoms with E-state index in [1.807, 2.05) is 29.7 Å². The minimum atomic E-state index is 0.192. The lowest BCUT2D eigenvalue weighted by Crippen LogP contribution is -2.42. The maximum Gasteiger partial charge on any atom is 0.236 e. The summed E-state index contributed by atoms with van der Waals surface area (Å²) in [7, 11) is 0. The lowest BCUT2D eigenvalue weighted by Gasteiger charge is -2.25. The van der Waals surface area contributed by atoms with E-state index < -0.39 is 0 Å². The molecule has 2 heterocycles. The minimum absolute atomic E-state index is 0.192. The summed E-state index contributed by atoms with van der Waals surface area (Å²) in [4.78, 5) is 31.9. The third-order valence-electron chi connectivity index (χ3n) is 4.58. The van der Waals surface area contributed by atoms with E-state index >= 15 is 0 Å². The summed E-state index contributed by atoms with van der Waals surface area (Å²) in [6.07, 6.45) is 2.35. The Hall–Kier alpha value is -1.40. The molecule has 24 heavy (non-hydrogen) atoms. The summed E-state index contributed by atoms with van der Waals surface area (Å²) in [5, 5.41) is 2.05. The average Bonchev–Trinajstić information content (AvgIpc) is 2.99. The number of amides is 2. The predicted octanol–water partition coefficient (Wildman–Crippen LogP) is 2.08. The van der Waals surface area contributed by atoms with Crippen LogP contribution in [0.25, 0.3) is 0 Å². The summed E-state index contributed by atoms with van der Waals surface area (Å²) in [5.41, 5.74) is 0. The van der Waals surface area contributed by atoms with Crippen LogP contribution < -0.4 is 0 Å². The zero-order valence-electron chi connectivity index (χ0n) is 14.9. The van der Waals surface area contributed by atoms with E-state index in [1.54, 1.807) is 11.3 Å². The minimum Gasteiger partial charge on any atom is -0.342 e. The smallest absolute Gasteiger partial charge is 0.236 e. The SMILES string of the molecule is CCN(CC)C(=O)CN1CCCN(C(=O)CCc2cccs2)CC1. The highest BCUT2D eigenvalue weighted by Gasteiger charge is 2.21. The van der Waals surface area contributed by atoms with Gasteiger partial charge in [-0.3, -0.25) is 14.5 Å². The first-order valence-corrected chi connectivity index (χ1v) is 9.82. The summed E-state index contributed by atoms with van der Waals surface area (Å²) in [6.45, 7) is 9.23. The first kappa shape index (κ1) is 18.9. The van der Waals surface area contributed by atoms with Crippen molar-refractivity contribution in [2.75, 3.05) is 45.8 Å². The molecule has 134 valence electrons. The van der Waals surface area contributed by atoms with E-state index in [1.165, 1.54) is 4.88 Å². The van der Waals surface area contributed by atoms with Crippen molar-refractivity contribution in [3.8, 4) is 0 Å². The van der Waals surface area contributed by atoms with Crippen molar-refractivity contribution in [2.24, 2.45) is 0 Å². The van der Waals surface area contributed by atoms with Crippen LogP contribution in [0.2, 0.25) is 0 Å². The number of likely N-dealkylation sites (N-methyl/N-ethyl adjacent to an activating group) is 1. The van der Waals surface area contributed by atoms with Gasteiger partial charge in [-0.05, 0) is 38.1 Å². The number of hydrogen-bond acceptors (Lipinski definition) is 4. The standard InChI is InChI=1S/C18H29N3O2S/c1-3-20(4-2)18(23)15-19-10-6-11-21(13-12-19)17(22)9-8-16-7-5-14-24-16/h5,7,14H,3-4,6,8-13,15H2,1-2H3. The molecular weight excluding hydrogens is 322 g/mol. The van der Waals surface area contributed by atoms with Gasteiger partial charge in [0.25, 0.3) is 0 Å². The Kier molecular flexibility index (Phi) is 7.72. The van der Waals surface area contributed by atoms with Crippen LogP contribution in [0.5, 0.6) is 0 Å². The average molecular weight is 352 g/mol. The molecule has 0 unspecified atom stereocenters. The number of aryl methyl sites for hydroxylation is 1. The maximum atomic E-state index is 12.4. The normalized spacial score (nSPS) is 16.0. The molecule has 0 saturated carbocycles. The Balaban J connectivity index is 1.77. The summed E-state index contributed by atoms with van der Waals surface area (Å²) < 4.78 is 0. The Morgan fingerprint density at radius 1 is 1.17 bits per heavy atom. The van der Waals surface area contributed by atoms with Crippen molar-refractivity contribution < 1.29 is 9.59 Å². The monoisotopic (exact) mass is 351 g/mol. The van der Waals surface area contributed by atoms with Crippen LogP contribution in [-0.4, -0.2) is 72.3 Å². The summed E-state index contributed by atoms with van der Waals surface area (Å²) in [6, 6.07) is 4.11. The molecule has 1 aliphatic heterocycles. The van der Waals surface area contributed by atoms with Crippen LogP contribution in [0.1, 0.15) is 31.6 Å². The molecule has 0 radical (unpaired) electrons. The van der Waals surface area contributed by atoms with Gasteiger partial charge in [0.15, 0.2) is 0 Å². The number of thiophene rings is 1. The van der Waals surface area contributed by atoms with Crippen LogP contribution in [0.3, 0.4) is 0 Å². The lowest BCUT2D eigenvalue weighted by atomic mass is 10.2. The highest BCUT2D eigenvalue weighted by molar-refractivity contribution is 7.09. The second kappa shape index (κ2) is 9.79. The second-order valence-electron chi connectivity index (χ2n) is 6.16. The van der Waals surface area contributed by atoms with E-state index in [9.17, 15) is 9.59 Å².